The Kier molecular flexibility index (Phi) is 4.34. The molecule has 1 saturated carbocycles. The van der Waals surface area contributed by atoms with Crippen molar-refractivity contribution in [1.82, 2.24) is 15.3 Å². The molecule has 1 fully saturated rings. The third-order valence-electron chi connectivity index (χ3n) is 4.15. The van der Waals surface area contributed by atoms with E-state index in [1.807, 2.05) is 37.4 Å². The monoisotopic (exact) mass is 312 g/mol. The number of hydrogen-bond acceptors (Lipinski definition) is 3. The van der Waals surface area contributed by atoms with Crippen molar-refractivity contribution in [2.24, 2.45) is 0 Å². The first-order chi connectivity index (χ1) is 10.7. The minimum Gasteiger partial charge on any atom is -0.353 e. The molecule has 114 valence electrons. The van der Waals surface area contributed by atoms with Gasteiger partial charge in [-0.25, -0.2) is 4.98 Å². The molecule has 4 nitrogen and oxygen atoms in total. The van der Waals surface area contributed by atoms with Crippen molar-refractivity contribution < 1.29 is 0 Å². The molecule has 1 aliphatic rings. The summed E-state index contributed by atoms with van der Waals surface area (Å²) >= 11 is 5.51. The molecule has 3 rings (SSSR count). The molecule has 0 aromatic carbocycles. The van der Waals surface area contributed by atoms with Gasteiger partial charge in [0.15, 0.2) is 5.11 Å². The zero-order chi connectivity index (χ0) is 15.4. The van der Waals surface area contributed by atoms with Crippen LogP contribution in [0.1, 0.15) is 36.9 Å². The highest BCUT2D eigenvalue weighted by molar-refractivity contribution is 7.80. The van der Waals surface area contributed by atoms with E-state index < -0.39 is 0 Å². The molecule has 5 heteroatoms. The van der Waals surface area contributed by atoms with E-state index in [-0.39, 0.29) is 5.54 Å². The highest BCUT2D eigenvalue weighted by atomic mass is 32.1. The van der Waals surface area contributed by atoms with E-state index in [0.717, 1.165) is 24.4 Å². The molecule has 0 radical (unpaired) electrons. The van der Waals surface area contributed by atoms with Crippen LogP contribution in [0.15, 0.2) is 42.7 Å². The molecule has 2 N–H and O–H groups in total. The molecule has 0 saturated heterocycles. The first kappa shape index (κ1) is 14.9. The maximum atomic E-state index is 5.51. The Morgan fingerprint density at radius 2 is 2.00 bits per heavy atom. The van der Waals surface area contributed by atoms with Crippen LogP contribution in [-0.4, -0.2) is 15.1 Å². The van der Waals surface area contributed by atoms with E-state index in [1.165, 1.54) is 18.4 Å². The highest BCUT2D eigenvalue weighted by Gasteiger charge is 2.36. The lowest BCUT2D eigenvalue weighted by Crippen LogP contribution is -2.45. The van der Waals surface area contributed by atoms with Crippen LogP contribution in [-0.2, 0) is 5.54 Å². The van der Waals surface area contributed by atoms with E-state index in [0.29, 0.717) is 5.11 Å². The zero-order valence-corrected chi connectivity index (χ0v) is 13.5. The van der Waals surface area contributed by atoms with Crippen LogP contribution < -0.4 is 10.6 Å². The molecule has 0 bridgehead atoms. The first-order valence-electron chi connectivity index (χ1n) is 7.61. The van der Waals surface area contributed by atoms with Gasteiger partial charge in [-0.05, 0) is 55.7 Å². The second kappa shape index (κ2) is 6.40. The number of thiocarbonyl (C=S) groups is 1. The van der Waals surface area contributed by atoms with Gasteiger partial charge < -0.3 is 10.6 Å². The second-order valence-electron chi connectivity index (χ2n) is 5.77. The summed E-state index contributed by atoms with van der Waals surface area (Å²) in [6.45, 7) is 1.97. The summed E-state index contributed by atoms with van der Waals surface area (Å²) in [5.74, 6) is 0.775. The fraction of sp³-hybridized carbons (Fsp3) is 0.353. The Labute approximate surface area is 136 Å². The fourth-order valence-corrected chi connectivity index (χ4v) is 3.39. The molecule has 2 aromatic heterocycles. The van der Waals surface area contributed by atoms with Crippen molar-refractivity contribution in [3.63, 3.8) is 0 Å². The number of aromatic nitrogens is 2. The van der Waals surface area contributed by atoms with E-state index in [2.05, 4.69) is 26.7 Å². The Morgan fingerprint density at radius 3 is 2.68 bits per heavy atom. The van der Waals surface area contributed by atoms with Gasteiger partial charge in [-0.15, -0.1) is 0 Å². The molecule has 2 heterocycles. The maximum absolute atomic E-state index is 5.51. The lowest BCUT2D eigenvalue weighted by Gasteiger charge is -2.32. The minimum absolute atomic E-state index is 0.109. The van der Waals surface area contributed by atoms with Crippen LogP contribution in [0.5, 0.6) is 0 Å². The summed E-state index contributed by atoms with van der Waals surface area (Å²) in [6.07, 6.45) is 8.29. The molecule has 0 aliphatic heterocycles. The van der Waals surface area contributed by atoms with Crippen molar-refractivity contribution in [2.45, 2.75) is 38.1 Å². The van der Waals surface area contributed by atoms with E-state index >= 15 is 0 Å². The Hall–Kier alpha value is -2.01. The number of anilines is 1. The van der Waals surface area contributed by atoms with Crippen LogP contribution in [0.3, 0.4) is 0 Å². The van der Waals surface area contributed by atoms with Gasteiger partial charge in [0, 0.05) is 18.1 Å². The van der Waals surface area contributed by atoms with Gasteiger partial charge >= 0.3 is 0 Å². The number of aryl methyl sites for hydroxylation is 1. The Morgan fingerprint density at radius 1 is 1.18 bits per heavy atom. The topological polar surface area (TPSA) is 49.8 Å². The molecule has 0 atom stereocenters. The second-order valence-corrected chi connectivity index (χ2v) is 6.18. The van der Waals surface area contributed by atoms with Gasteiger partial charge in [-0.1, -0.05) is 25.0 Å². The van der Waals surface area contributed by atoms with Gasteiger partial charge in [0.2, 0.25) is 0 Å². The molecule has 0 amide bonds. The summed E-state index contributed by atoms with van der Waals surface area (Å²) in [5, 5.41) is 7.32. The average Bonchev–Trinajstić information content (AvgIpc) is 2.98. The number of pyridine rings is 2. The van der Waals surface area contributed by atoms with Crippen molar-refractivity contribution >= 4 is 23.1 Å². The van der Waals surface area contributed by atoms with E-state index in [1.54, 1.807) is 6.20 Å². The Bertz CT molecular complexity index is 651. The predicted molar refractivity (Wildman–Crippen MR) is 92.7 cm³/mol. The molecule has 0 spiro atoms. The van der Waals surface area contributed by atoms with E-state index in [4.69, 9.17) is 12.2 Å². The van der Waals surface area contributed by atoms with E-state index in [9.17, 15) is 0 Å². The third kappa shape index (κ3) is 3.25. The van der Waals surface area contributed by atoms with Crippen LogP contribution >= 0.6 is 12.2 Å². The minimum atomic E-state index is -0.109. The van der Waals surface area contributed by atoms with Crippen LogP contribution in [0.25, 0.3) is 0 Å². The standard InChI is InChI=1S/C17H20N4S/c1-13-6-4-8-15(19-13)20-16(22)21-17(9-2-3-10-17)14-7-5-11-18-12-14/h4-8,11-12H,2-3,9-10H2,1H3,(H2,19,20,21,22). The number of rotatable bonds is 3. The van der Waals surface area contributed by atoms with Crippen LogP contribution in [0, 0.1) is 6.92 Å². The van der Waals surface area contributed by atoms with Gasteiger partial charge in [0.05, 0.1) is 5.54 Å². The van der Waals surface area contributed by atoms with Gasteiger partial charge in [-0.2, -0.15) is 0 Å². The largest absolute Gasteiger partial charge is 0.353 e. The van der Waals surface area contributed by atoms with Crippen molar-refractivity contribution in [3.05, 3.63) is 54.0 Å². The summed E-state index contributed by atoms with van der Waals surface area (Å²) in [6, 6.07) is 9.97. The summed E-state index contributed by atoms with van der Waals surface area (Å²) in [5.41, 5.74) is 2.06. The summed E-state index contributed by atoms with van der Waals surface area (Å²) in [4.78, 5) is 8.69. The van der Waals surface area contributed by atoms with Gasteiger partial charge in [-0.3, -0.25) is 4.98 Å². The lowest BCUT2D eigenvalue weighted by molar-refractivity contribution is 0.407. The fourth-order valence-electron chi connectivity index (χ4n) is 3.09. The normalized spacial score (nSPS) is 16.2. The Balaban J connectivity index is 1.76. The molecule has 22 heavy (non-hydrogen) atoms. The average molecular weight is 312 g/mol. The highest BCUT2D eigenvalue weighted by Crippen LogP contribution is 2.38. The first-order valence-corrected chi connectivity index (χ1v) is 8.02. The van der Waals surface area contributed by atoms with Gasteiger partial charge in [0.1, 0.15) is 5.82 Å². The molecular weight excluding hydrogens is 292 g/mol. The third-order valence-corrected chi connectivity index (χ3v) is 4.36. The summed E-state index contributed by atoms with van der Waals surface area (Å²) in [7, 11) is 0. The number of nitrogens with one attached hydrogen (secondary N) is 2. The maximum Gasteiger partial charge on any atom is 0.172 e. The SMILES string of the molecule is Cc1cccc(NC(=S)NC2(c3cccnc3)CCCC2)n1. The molecule has 1 aliphatic carbocycles. The van der Waals surface area contributed by atoms with Crippen molar-refractivity contribution in [2.75, 3.05) is 5.32 Å². The van der Waals surface area contributed by atoms with Crippen LogP contribution in [0.2, 0.25) is 0 Å². The molecule has 0 unspecified atom stereocenters. The lowest BCUT2D eigenvalue weighted by atomic mass is 9.89. The smallest absolute Gasteiger partial charge is 0.172 e. The van der Waals surface area contributed by atoms with Crippen molar-refractivity contribution in [1.29, 1.82) is 0 Å². The molecular formula is C17H20N4S. The predicted octanol–water partition coefficient (Wildman–Crippen LogP) is 3.54. The van der Waals surface area contributed by atoms with Crippen molar-refractivity contribution in [3.8, 4) is 0 Å². The van der Waals surface area contributed by atoms with Crippen LogP contribution in [0.4, 0.5) is 5.82 Å². The zero-order valence-electron chi connectivity index (χ0n) is 12.7. The summed E-state index contributed by atoms with van der Waals surface area (Å²) < 4.78 is 0. The molecule has 2 aromatic rings. The van der Waals surface area contributed by atoms with Gasteiger partial charge in [0.25, 0.3) is 0 Å². The quantitative estimate of drug-likeness (QED) is 0.849. The number of nitrogens with zero attached hydrogens (tertiary/aromatic N) is 2. The number of hydrogen-bond donors (Lipinski definition) is 2.